The van der Waals surface area contributed by atoms with Gasteiger partial charge >= 0.3 is 0 Å². The lowest BCUT2D eigenvalue weighted by Crippen LogP contribution is -2.41. The maximum atomic E-state index is 11.9. The van der Waals surface area contributed by atoms with Gasteiger partial charge < -0.3 is 10.1 Å². The number of nitrogens with one attached hydrogen (secondary N) is 1. The predicted octanol–water partition coefficient (Wildman–Crippen LogP) is 1.42. The van der Waals surface area contributed by atoms with Gasteiger partial charge in [-0.3, -0.25) is 4.79 Å². The van der Waals surface area contributed by atoms with Crippen molar-refractivity contribution in [2.45, 2.75) is 26.2 Å². The molecule has 0 aliphatic carbocycles. The molecule has 0 radical (unpaired) electrons. The lowest BCUT2D eigenvalue weighted by Gasteiger charge is -2.19. The van der Waals surface area contributed by atoms with Crippen molar-refractivity contribution in [1.82, 2.24) is 9.62 Å². The maximum Gasteiger partial charge on any atom is 0.235 e. The largest absolute Gasteiger partial charge is 0.497 e. The molecule has 0 aliphatic rings. The fourth-order valence-electron chi connectivity index (χ4n) is 2.06. The molecule has 1 amide bonds. The van der Waals surface area contributed by atoms with E-state index in [0.717, 1.165) is 30.4 Å². The van der Waals surface area contributed by atoms with Gasteiger partial charge in [0.15, 0.2) is 0 Å². The average molecular weight is 342 g/mol. The van der Waals surface area contributed by atoms with Crippen LogP contribution in [0.25, 0.3) is 0 Å². The van der Waals surface area contributed by atoms with Crippen molar-refractivity contribution in [1.29, 1.82) is 0 Å². The third-order valence-electron chi connectivity index (χ3n) is 3.43. The van der Waals surface area contributed by atoms with Crippen LogP contribution < -0.4 is 10.1 Å². The summed E-state index contributed by atoms with van der Waals surface area (Å²) in [5.74, 6) is 0.459. The number of hydrogen-bond donors (Lipinski definition) is 1. The molecule has 130 valence electrons. The first-order valence-electron chi connectivity index (χ1n) is 7.71. The number of rotatable bonds is 10. The number of nitrogens with zero attached hydrogens (tertiary/aromatic N) is 1. The van der Waals surface area contributed by atoms with Gasteiger partial charge in [0.2, 0.25) is 15.9 Å². The molecule has 0 bridgehead atoms. The number of benzene rings is 1. The van der Waals surface area contributed by atoms with E-state index in [1.165, 1.54) is 4.31 Å². The highest BCUT2D eigenvalue weighted by molar-refractivity contribution is 7.88. The van der Waals surface area contributed by atoms with Gasteiger partial charge in [-0.15, -0.1) is 0 Å². The molecule has 0 aliphatic heterocycles. The van der Waals surface area contributed by atoms with Gasteiger partial charge in [-0.2, -0.15) is 4.31 Å². The fraction of sp³-hybridized carbons (Fsp3) is 0.562. The summed E-state index contributed by atoms with van der Waals surface area (Å²) >= 11 is 0. The second-order valence-corrected chi connectivity index (χ2v) is 7.38. The van der Waals surface area contributed by atoms with E-state index in [9.17, 15) is 13.2 Å². The topological polar surface area (TPSA) is 75.7 Å². The zero-order chi connectivity index (χ0) is 17.3. The number of unbranched alkanes of at least 4 members (excludes halogenated alkanes) is 1. The van der Waals surface area contributed by atoms with Crippen LogP contribution in [-0.4, -0.2) is 51.6 Å². The summed E-state index contributed by atoms with van der Waals surface area (Å²) in [6.45, 7) is 2.71. The molecule has 0 fully saturated rings. The summed E-state index contributed by atoms with van der Waals surface area (Å²) in [6.07, 6.45) is 3.50. The highest BCUT2D eigenvalue weighted by atomic mass is 32.2. The van der Waals surface area contributed by atoms with Crippen LogP contribution in [0.4, 0.5) is 0 Å². The van der Waals surface area contributed by atoms with E-state index in [0.29, 0.717) is 13.0 Å². The van der Waals surface area contributed by atoms with Crippen LogP contribution in [0, 0.1) is 0 Å². The normalized spacial score (nSPS) is 11.5. The summed E-state index contributed by atoms with van der Waals surface area (Å²) in [7, 11) is -1.85. The van der Waals surface area contributed by atoms with Crippen molar-refractivity contribution < 1.29 is 17.9 Å². The molecule has 0 saturated carbocycles. The summed E-state index contributed by atoms with van der Waals surface area (Å²) in [4.78, 5) is 11.8. The Morgan fingerprint density at radius 1 is 1.35 bits per heavy atom. The molecular weight excluding hydrogens is 316 g/mol. The van der Waals surface area contributed by atoms with Crippen LogP contribution in [0.15, 0.2) is 24.3 Å². The quantitative estimate of drug-likeness (QED) is 0.653. The van der Waals surface area contributed by atoms with Gasteiger partial charge in [0, 0.05) is 13.1 Å². The maximum absolute atomic E-state index is 11.9. The van der Waals surface area contributed by atoms with Crippen molar-refractivity contribution in [3.05, 3.63) is 29.8 Å². The molecule has 0 aromatic heterocycles. The molecule has 1 N–H and O–H groups in total. The number of carbonyl (C=O) groups excluding carboxylic acids is 1. The standard InChI is InChI=1S/C16H26N2O4S/c1-4-5-10-17-16(19)13-18(23(3,20)21)11-9-14-7-6-8-15(12-14)22-2/h6-8,12H,4-5,9-11,13H2,1-3H3,(H,17,19). The van der Waals surface area contributed by atoms with E-state index in [-0.39, 0.29) is 19.0 Å². The first-order valence-corrected chi connectivity index (χ1v) is 9.56. The van der Waals surface area contributed by atoms with Crippen LogP contribution >= 0.6 is 0 Å². The van der Waals surface area contributed by atoms with E-state index < -0.39 is 10.0 Å². The van der Waals surface area contributed by atoms with Crippen LogP contribution in [0.3, 0.4) is 0 Å². The first kappa shape index (κ1) is 19.4. The number of sulfonamides is 1. The Balaban J connectivity index is 2.63. The van der Waals surface area contributed by atoms with E-state index in [1.807, 2.05) is 31.2 Å². The Labute approximate surface area is 138 Å². The van der Waals surface area contributed by atoms with E-state index in [4.69, 9.17) is 4.74 Å². The Morgan fingerprint density at radius 2 is 2.09 bits per heavy atom. The zero-order valence-electron chi connectivity index (χ0n) is 14.0. The number of hydrogen-bond acceptors (Lipinski definition) is 4. The lowest BCUT2D eigenvalue weighted by atomic mass is 10.1. The summed E-state index contributed by atoms with van der Waals surface area (Å²) in [5, 5.41) is 2.74. The molecule has 0 spiro atoms. The van der Waals surface area contributed by atoms with Crippen LogP contribution in [0.5, 0.6) is 5.75 Å². The molecule has 6 nitrogen and oxygen atoms in total. The molecule has 7 heteroatoms. The molecule has 0 unspecified atom stereocenters. The Bertz CT molecular complexity index is 602. The van der Waals surface area contributed by atoms with Gasteiger partial charge in [0.05, 0.1) is 19.9 Å². The van der Waals surface area contributed by atoms with Gasteiger partial charge in [0.1, 0.15) is 5.75 Å². The Hall–Kier alpha value is -1.60. The second kappa shape index (κ2) is 9.52. The van der Waals surface area contributed by atoms with Gasteiger partial charge in [-0.25, -0.2) is 8.42 Å². The fourth-order valence-corrected chi connectivity index (χ4v) is 2.84. The Kier molecular flexibility index (Phi) is 8.05. The monoisotopic (exact) mass is 342 g/mol. The lowest BCUT2D eigenvalue weighted by molar-refractivity contribution is -0.121. The highest BCUT2D eigenvalue weighted by Gasteiger charge is 2.19. The smallest absolute Gasteiger partial charge is 0.235 e. The minimum atomic E-state index is -3.44. The van der Waals surface area contributed by atoms with Crippen LogP contribution in [0.2, 0.25) is 0 Å². The minimum absolute atomic E-state index is 0.146. The summed E-state index contributed by atoms with van der Waals surface area (Å²) in [6, 6.07) is 7.46. The number of ether oxygens (including phenoxy) is 1. The van der Waals surface area contributed by atoms with E-state index in [1.54, 1.807) is 7.11 Å². The number of carbonyl (C=O) groups is 1. The van der Waals surface area contributed by atoms with E-state index >= 15 is 0 Å². The number of amides is 1. The summed E-state index contributed by atoms with van der Waals surface area (Å²) < 4.78 is 30.1. The molecule has 1 aromatic carbocycles. The number of methoxy groups -OCH3 is 1. The third kappa shape index (κ3) is 7.47. The third-order valence-corrected chi connectivity index (χ3v) is 4.68. The van der Waals surface area contributed by atoms with Crippen LogP contribution in [0.1, 0.15) is 25.3 Å². The van der Waals surface area contributed by atoms with Gasteiger partial charge in [-0.05, 0) is 30.5 Å². The molecule has 23 heavy (non-hydrogen) atoms. The van der Waals surface area contributed by atoms with Crippen molar-refractivity contribution >= 4 is 15.9 Å². The predicted molar refractivity (Wildman–Crippen MR) is 91.0 cm³/mol. The zero-order valence-corrected chi connectivity index (χ0v) is 14.9. The van der Waals surface area contributed by atoms with Crippen LogP contribution in [-0.2, 0) is 21.2 Å². The van der Waals surface area contributed by atoms with Crippen molar-refractivity contribution in [3.8, 4) is 5.75 Å². The molecule has 0 heterocycles. The molecule has 0 saturated heterocycles. The van der Waals surface area contributed by atoms with Crippen molar-refractivity contribution in [2.75, 3.05) is 33.0 Å². The SMILES string of the molecule is CCCCNC(=O)CN(CCc1cccc(OC)c1)S(C)(=O)=O. The second-order valence-electron chi connectivity index (χ2n) is 5.40. The van der Waals surface area contributed by atoms with Gasteiger partial charge in [-0.1, -0.05) is 25.5 Å². The summed E-state index contributed by atoms with van der Waals surface area (Å²) in [5.41, 5.74) is 0.962. The highest BCUT2D eigenvalue weighted by Crippen LogP contribution is 2.13. The van der Waals surface area contributed by atoms with E-state index in [2.05, 4.69) is 5.32 Å². The Morgan fingerprint density at radius 3 is 2.70 bits per heavy atom. The average Bonchev–Trinajstić information content (AvgIpc) is 2.50. The molecule has 1 aromatic rings. The first-order chi connectivity index (χ1) is 10.9. The van der Waals surface area contributed by atoms with Gasteiger partial charge in [0.25, 0.3) is 0 Å². The molecular formula is C16H26N2O4S. The molecule has 1 rings (SSSR count). The molecule has 0 atom stereocenters. The van der Waals surface area contributed by atoms with Crippen molar-refractivity contribution in [3.63, 3.8) is 0 Å². The minimum Gasteiger partial charge on any atom is -0.497 e. The van der Waals surface area contributed by atoms with Crippen molar-refractivity contribution in [2.24, 2.45) is 0 Å².